The van der Waals surface area contributed by atoms with E-state index >= 15 is 0 Å². The maximum atomic E-state index is 12.3. The first kappa shape index (κ1) is 38.2. The quantitative estimate of drug-likeness (QED) is 0.141. The van der Waals surface area contributed by atoms with Crippen LogP contribution >= 0.6 is 0 Å². The fourth-order valence-electron chi connectivity index (χ4n) is 7.47. The molecule has 5 nitrogen and oxygen atoms in total. The first-order valence-corrected chi connectivity index (χ1v) is 23.3. The Labute approximate surface area is 279 Å². The summed E-state index contributed by atoms with van der Waals surface area (Å²) >= 11 is 0. The lowest BCUT2D eigenvalue weighted by Gasteiger charge is -2.45. The van der Waals surface area contributed by atoms with E-state index in [1.54, 1.807) is 18.7 Å². The van der Waals surface area contributed by atoms with E-state index in [1.807, 2.05) is 0 Å². The van der Waals surface area contributed by atoms with Gasteiger partial charge in [-0.25, -0.2) is 5.06 Å². The molecule has 45 heavy (non-hydrogen) atoms. The summed E-state index contributed by atoms with van der Waals surface area (Å²) in [6.07, 6.45) is 16.6. The lowest BCUT2D eigenvalue weighted by molar-refractivity contribution is -0.162. The SMILES string of the molecule is C=C1/C(=C\C=C2/CCC[C@@]3(C)C2CCC3[C@@H](C)/C=C/C(=O)N(C)OC)CC(O[Si](C)(C)C(C)(C)C)CC1O[Si](C)(C)C(C)(C)C. The molecule has 0 heterocycles. The van der Waals surface area contributed by atoms with Gasteiger partial charge in [0.25, 0.3) is 5.91 Å². The Morgan fingerprint density at radius 2 is 1.62 bits per heavy atom. The maximum Gasteiger partial charge on any atom is 0.269 e. The number of hydroxylamine groups is 2. The molecule has 0 saturated heterocycles. The van der Waals surface area contributed by atoms with E-state index in [0.717, 1.165) is 18.4 Å². The minimum atomic E-state index is -2.00. The van der Waals surface area contributed by atoms with Gasteiger partial charge in [0.15, 0.2) is 16.6 Å². The number of hydrogen-bond donors (Lipinski definition) is 0. The summed E-state index contributed by atoms with van der Waals surface area (Å²) in [5.41, 5.74) is 4.29. The van der Waals surface area contributed by atoms with Crippen molar-refractivity contribution >= 4 is 22.5 Å². The van der Waals surface area contributed by atoms with Crippen LogP contribution in [0.5, 0.6) is 0 Å². The molecule has 3 aliphatic rings. The smallest absolute Gasteiger partial charge is 0.269 e. The molecule has 0 aromatic rings. The predicted molar refractivity (Wildman–Crippen MR) is 195 cm³/mol. The summed E-state index contributed by atoms with van der Waals surface area (Å²) in [5.74, 6) is 1.37. The van der Waals surface area contributed by atoms with Crippen LogP contribution in [0.15, 0.2) is 47.6 Å². The van der Waals surface area contributed by atoms with Crippen molar-refractivity contribution in [3.05, 3.63) is 47.6 Å². The van der Waals surface area contributed by atoms with Crippen molar-refractivity contribution in [2.24, 2.45) is 23.2 Å². The van der Waals surface area contributed by atoms with Gasteiger partial charge in [0.2, 0.25) is 0 Å². The van der Waals surface area contributed by atoms with Gasteiger partial charge in [-0.05, 0) is 109 Å². The molecule has 0 bridgehead atoms. The Bertz CT molecular complexity index is 1170. The molecule has 3 aliphatic carbocycles. The summed E-state index contributed by atoms with van der Waals surface area (Å²) in [6.45, 7) is 32.8. The van der Waals surface area contributed by atoms with Crippen molar-refractivity contribution in [3.63, 3.8) is 0 Å². The molecule has 1 amide bonds. The topological polar surface area (TPSA) is 48.0 Å². The van der Waals surface area contributed by atoms with E-state index in [-0.39, 0.29) is 33.6 Å². The van der Waals surface area contributed by atoms with Gasteiger partial charge >= 0.3 is 0 Å². The second-order valence-electron chi connectivity index (χ2n) is 17.6. The molecule has 3 fully saturated rings. The van der Waals surface area contributed by atoms with Crippen LogP contribution in [0.2, 0.25) is 36.3 Å². The molecule has 0 spiro atoms. The highest BCUT2D eigenvalue weighted by Gasteiger charge is 2.50. The van der Waals surface area contributed by atoms with Crippen LogP contribution < -0.4 is 0 Å². The number of rotatable bonds is 9. The summed E-state index contributed by atoms with van der Waals surface area (Å²) < 4.78 is 14.1. The number of hydrogen-bond acceptors (Lipinski definition) is 4. The molecule has 0 aromatic carbocycles. The van der Waals surface area contributed by atoms with Crippen LogP contribution in [0.4, 0.5) is 0 Å². The second-order valence-corrected chi connectivity index (χ2v) is 27.1. The molecular weight excluding hydrogens is 591 g/mol. The standard InChI is InChI=1S/C38H67NO4Si2/c1-27(18-23-35(40)39(10)41-11)32-21-22-33-29(17-16-24-38(32,33)9)19-20-30-25-31(42-44(12,13)36(3,4)5)26-34(28(30)2)43-45(14,15)37(6,7)8/h18-20,23,27,31-34H,2,16-17,21-22,24-26H2,1,3-15H3/b23-18+,29-19+,30-20-/t27-,31?,32?,33?,34?,38+/m0/s1. The Morgan fingerprint density at radius 1 is 1.02 bits per heavy atom. The van der Waals surface area contributed by atoms with Gasteiger partial charge < -0.3 is 8.85 Å². The third kappa shape index (κ3) is 8.62. The molecule has 0 N–H and O–H groups in total. The van der Waals surface area contributed by atoms with Crippen LogP contribution in [-0.2, 0) is 18.5 Å². The maximum absolute atomic E-state index is 12.3. The van der Waals surface area contributed by atoms with E-state index in [0.29, 0.717) is 17.8 Å². The first-order chi connectivity index (χ1) is 20.5. The number of nitrogens with zero attached hydrogens (tertiary/aromatic N) is 1. The highest BCUT2D eigenvalue weighted by molar-refractivity contribution is 6.74. The number of allylic oxidation sites excluding steroid dienone is 4. The molecule has 3 saturated carbocycles. The zero-order valence-corrected chi connectivity index (χ0v) is 33.4. The number of likely N-dealkylation sites (N-methyl/N-ethyl adjacent to an activating group) is 1. The largest absolute Gasteiger partial charge is 0.413 e. The summed E-state index contributed by atoms with van der Waals surface area (Å²) in [6, 6.07) is 0. The van der Waals surface area contributed by atoms with Crippen LogP contribution in [0.3, 0.4) is 0 Å². The average Bonchev–Trinajstić information content (AvgIpc) is 3.27. The van der Waals surface area contributed by atoms with Crippen molar-refractivity contribution in [1.82, 2.24) is 5.06 Å². The van der Waals surface area contributed by atoms with Crippen molar-refractivity contribution in [2.45, 2.75) is 149 Å². The normalized spacial score (nSPS) is 31.1. The van der Waals surface area contributed by atoms with Crippen LogP contribution in [0, 0.1) is 23.2 Å². The van der Waals surface area contributed by atoms with Gasteiger partial charge in [-0.15, -0.1) is 0 Å². The Kier molecular flexibility index (Phi) is 11.9. The van der Waals surface area contributed by atoms with Gasteiger partial charge in [0, 0.05) is 19.5 Å². The molecule has 3 rings (SSSR count). The lowest BCUT2D eigenvalue weighted by atomic mass is 9.61. The average molecular weight is 658 g/mol. The Hall–Kier alpha value is -1.26. The number of carbonyl (C=O) groups excluding carboxylic acids is 1. The van der Waals surface area contributed by atoms with Crippen molar-refractivity contribution in [2.75, 3.05) is 14.2 Å². The Morgan fingerprint density at radius 3 is 2.20 bits per heavy atom. The van der Waals surface area contributed by atoms with Crippen molar-refractivity contribution in [1.29, 1.82) is 0 Å². The lowest BCUT2D eigenvalue weighted by Crippen LogP contribution is -2.49. The van der Waals surface area contributed by atoms with E-state index in [1.165, 1.54) is 49.9 Å². The van der Waals surface area contributed by atoms with E-state index in [9.17, 15) is 4.79 Å². The molecule has 256 valence electrons. The minimum absolute atomic E-state index is 0.000886. The van der Waals surface area contributed by atoms with Gasteiger partial charge in [-0.2, -0.15) is 0 Å². The number of carbonyl (C=O) groups is 1. The summed E-state index contributed by atoms with van der Waals surface area (Å²) in [5, 5.41) is 1.57. The summed E-state index contributed by atoms with van der Waals surface area (Å²) in [7, 11) is -0.765. The van der Waals surface area contributed by atoms with Crippen molar-refractivity contribution in [3.8, 4) is 0 Å². The highest BCUT2D eigenvalue weighted by Crippen LogP contribution is 2.59. The zero-order chi connectivity index (χ0) is 34.2. The molecule has 4 unspecified atom stereocenters. The molecule has 0 aromatic heterocycles. The van der Waals surface area contributed by atoms with Gasteiger partial charge in [-0.3, -0.25) is 9.63 Å². The fourth-order valence-corrected chi connectivity index (χ4v) is 10.1. The monoisotopic (exact) mass is 657 g/mol. The molecule has 0 aliphatic heterocycles. The zero-order valence-electron chi connectivity index (χ0n) is 31.4. The van der Waals surface area contributed by atoms with Crippen molar-refractivity contribution < 1.29 is 18.5 Å². The van der Waals surface area contributed by atoms with Gasteiger partial charge in [-0.1, -0.05) is 85.8 Å². The molecular formula is C38H67NO4Si2. The third-order valence-corrected chi connectivity index (χ3v) is 21.6. The minimum Gasteiger partial charge on any atom is -0.413 e. The fraction of sp³-hybridized carbons (Fsp3) is 0.763. The number of amides is 1. The first-order valence-electron chi connectivity index (χ1n) is 17.5. The predicted octanol–water partition coefficient (Wildman–Crippen LogP) is 10.4. The van der Waals surface area contributed by atoms with Gasteiger partial charge in [0.1, 0.15) is 0 Å². The van der Waals surface area contributed by atoms with E-state index < -0.39 is 16.6 Å². The highest BCUT2D eigenvalue weighted by atomic mass is 28.4. The van der Waals surface area contributed by atoms with E-state index in [2.05, 4.69) is 106 Å². The molecule has 7 heteroatoms. The van der Waals surface area contributed by atoms with Crippen LogP contribution in [0.1, 0.15) is 100 Å². The van der Waals surface area contributed by atoms with Crippen LogP contribution in [0.25, 0.3) is 0 Å². The summed E-state index contributed by atoms with van der Waals surface area (Å²) in [4.78, 5) is 17.4. The Balaban J connectivity index is 1.89. The molecule has 0 radical (unpaired) electrons. The van der Waals surface area contributed by atoms with Crippen LogP contribution in [-0.4, -0.2) is 54.0 Å². The second kappa shape index (κ2) is 14.1. The van der Waals surface area contributed by atoms with Gasteiger partial charge in [0.05, 0.1) is 19.3 Å². The number of fused-ring (bicyclic) bond motifs is 1. The molecule has 6 atom stereocenters. The third-order valence-electron chi connectivity index (χ3n) is 12.5. The van der Waals surface area contributed by atoms with E-state index in [4.69, 9.17) is 13.7 Å².